The van der Waals surface area contributed by atoms with Crippen molar-refractivity contribution in [2.45, 2.75) is 18.8 Å². The number of aromatic nitrogens is 1. The number of nitriles is 1. The first-order valence-electron chi connectivity index (χ1n) is 10.6. The summed E-state index contributed by atoms with van der Waals surface area (Å²) in [5.41, 5.74) is 1.61. The molecule has 2 aromatic carbocycles. The van der Waals surface area contributed by atoms with Crippen LogP contribution in [0.1, 0.15) is 23.2 Å². The zero-order valence-corrected chi connectivity index (χ0v) is 18.3. The smallest absolute Gasteiger partial charge is 0.475 e. The van der Waals surface area contributed by atoms with Crippen LogP contribution >= 0.6 is 0 Å². The molecule has 0 aliphatic rings. The second-order valence-electron chi connectivity index (χ2n) is 7.42. The van der Waals surface area contributed by atoms with Gasteiger partial charge in [0, 0.05) is 11.8 Å². The van der Waals surface area contributed by atoms with E-state index in [1.54, 1.807) is 30.5 Å². The van der Waals surface area contributed by atoms with E-state index < -0.39 is 24.8 Å². The number of rotatable bonds is 10. The van der Waals surface area contributed by atoms with E-state index in [1.165, 1.54) is 18.2 Å². The SMILES string of the molecule is N#CC(=Cc1cccc(OCCC(=O)NC(Cc2ccccc2)B(O)O)c1F)c1ccccn1. The quantitative estimate of drug-likeness (QED) is 0.317. The van der Waals surface area contributed by atoms with Crippen molar-refractivity contribution < 1.29 is 24.0 Å². The van der Waals surface area contributed by atoms with Gasteiger partial charge in [0.15, 0.2) is 11.6 Å². The third kappa shape index (κ3) is 7.00. The highest BCUT2D eigenvalue weighted by Gasteiger charge is 2.25. The van der Waals surface area contributed by atoms with Crippen molar-refractivity contribution in [2.24, 2.45) is 0 Å². The van der Waals surface area contributed by atoms with Crippen molar-refractivity contribution in [1.29, 1.82) is 5.26 Å². The Labute approximate surface area is 197 Å². The first-order chi connectivity index (χ1) is 16.5. The number of nitrogens with zero attached hydrogens (tertiary/aromatic N) is 2. The van der Waals surface area contributed by atoms with E-state index in [0.29, 0.717) is 5.69 Å². The number of carbonyl (C=O) groups is 1. The Kier molecular flexibility index (Phi) is 8.92. The van der Waals surface area contributed by atoms with Crippen LogP contribution < -0.4 is 10.1 Å². The summed E-state index contributed by atoms with van der Waals surface area (Å²) in [6, 6.07) is 20.7. The molecule has 0 saturated heterocycles. The van der Waals surface area contributed by atoms with Crippen LogP contribution in [0.25, 0.3) is 11.6 Å². The van der Waals surface area contributed by atoms with Crippen molar-refractivity contribution in [2.75, 3.05) is 6.61 Å². The summed E-state index contributed by atoms with van der Waals surface area (Å²) in [5.74, 6) is -2.09. The van der Waals surface area contributed by atoms with Crippen LogP contribution in [0.2, 0.25) is 0 Å². The number of benzene rings is 2. The van der Waals surface area contributed by atoms with Crippen LogP contribution in [-0.2, 0) is 11.2 Å². The molecule has 0 radical (unpaired) electrons. The molecule has 7 nitrogen and oxygen atoms in total. The predicted octanol–water partition coefficient (Wildman–Crippen LogP) is 2.79. The lowest BCUT2D eigenvalue weighted by Gasteiger charge is -2.18. The first-order valence-corrected chi connectivity index (χ1v) is 10.6. The predicted molar refractivity (Wildman–Crippen MR) is 127 cm³/mol. The van der Waals surface area contributed by atoms with Gasteiger partial charge in [0.1, 0.15) is 6.07 Å². The molecule has 1 atom stereocenters. The summed E-state index contributed by atoms with van der Waals surface area (Å²) in [7, 11) is -1.74. The fraction of sp³-hybridized carbons (Fsp3) is 0.160. The van der Waals surface area contributed by atoms with Gasteiger partial charge in [-0.1, -0.05) is 48.5 Å². The lowest BCUT2D eigenvalue weighted by atomic mass is 9.76. The van der Waals surface area contributed by atoms with E-state index in [2.05, 4.69) is 10.3 Å². The number of nitrogens with one attached hydrogen (secondary N) is 1. The highest BCUT2D eigenvalue weighted by Crippen LogP contribution is 2.24. The molecular weight excluding hydrogens is 436 g/mol. The highest BCUT2D eigenvalue weighted by molar-refractivity contribution is 6.43. The Morgan fingerprint density at radius 1 is 1.15 bits per heavy atom. The van der Waals surface area contributed by atoms with Crippen LogP contribution in [0.15, 0.2) is 72.9 Å². The maximum absolute atomic E-state index is 14.9. The number of allylic oxidation sites excluding steroid dienone is 1. The van der Waals surface area contributed by atoms with Crippen molar-refractivity contribution in [3.63, 3.8) is 0 Å². The molecule has 172 valence electrons. The molecule has 1 aromatic heterocycles. The summed E-state index contributed by atoms with van der Waals surface area (Å²) >= 11 is 0. The standard InChI is InChI=1S/C25H23BFN3O4/c27-25-19(16-20(17-28)21-10-4-5-13-29-21)9-6-11-22(25)34-14-12-24(31)30-23(26(32)33)15-18-7-2-1-3-8-18/h1-11,13,16,23,32-33H,12,14-15H2,(H,30,31). The fourth-order valence-electron chi connectivity index (χ4n) is 3.22. The molecule has 1 heterocycles. The molecule has 3 N–H and O–H groups in total. The second-order valence-corrected chi connectivity index (χ2v) is 7.42. The van der Waals surface area contributed by atoms with Gasteiger partial charge in [0.2, 0.25) is 5.91 Å². The first kappa shape index (κ1) is 24.6. The topological polar surface area (TPSA) is 115 Å². The molecule has 3 rings (SSSR count). The maximum atomic E-state index is 14.9. The molecule has 0 aliphatic heterocycles. The minimum atomic E-state index is -1.74. The molecule has 0 fully saturated rings. The maximum Gasteiger partial charge on any atom is 0.475 e. The Balaban J connectivity index is 1.60. The van der Waals surface area contributed by atoms with Crippen molar-refractivity contribution in [3.05, 3.63) is 95.6 Å². The molecule has 3 aromatic rings. The monoisotopic (exact) mass is 459 g/mol. The average molecular weight is 459 g/mol. The summed E-state index contributed by atoms with van der Waals surface area (Å²) in [6.45, 7) is -0.124. The number of pyridine rings is 1. The largest absolute Gasteiger partial charge is 0.490 e. The molecule has 0 aliphatic carbocycles. The molecule has 0 bridgehead atoms. The van der Waals surface area contributed by atoms with Crippen molar-refractivity contribution >= 4 is 24.7 Å². The van der Waals surface area contributed by atoms with E-state index >= 15 is 0 Å². The van der Waals surface area contributed by atoms with Crippen LogP contribution in [-0.4, -0.2) is 40.6 Å². The van der Waals surface area contributed by atoms with Gasteiger partial charge in [0.25, 0.3) is 0 Å². The van der Waals surface area contributed by atoms with E-state index in [4.69, 9.17) is 4.74 Å². The van der Waals surface area contributed by atoms with Crippen molar-refractivity contribution in [3.8, 4) is 11.8 Å². The number of halogens is 1. The van der Waals surface area contributed by atoms with Gasteiger partial charge in [-0.2, -0.15) is 5.26 Å². The number of carbonyl (C=O) groups excluding carboxylic acids is 1. The van der Waals surface area contributed by atoms with Crippen LogP contribution in [0.3, 0.4) is 0 Å². The molecule has 1 amide bonds. The van der Waals surface area contributed by atoms with E-state index in [1.807, 2.05) is 36.4 Å². The zero-order valence-electron chi connectivity index (χ0n) is 18.3. The fourth-order valence-corrected chi connectivity index (χ4v) is 3.22. The Hall–Kier alpha value is -4.00. The van der Waals surface area contributed by atoms with Crippen LogP contribution in [0, 0.1) is 17.1 Å². The summed E-state index contributed by atoms with van der Waals surface area (Å²) in [5, 5.41) is 31.2. The minimum absolute atomic E-state index is 0.0668. The molecule has 1 unspecified atom stereocenters. The Morgan fingerprint density at radius 2 is 1.91 bits per heavy atom. The van der Waals surface area contributed by atoms with Gasteiger partial charge < -0.3 is 20.1 Å². The average Bonchev–Trinajstić information content (AvgIpc) is 2.85. The highest BCUT2D eigenvalue weighted by atomic mass is 19.1. The van der Waals surface area contributed by atoms with Crippen molar-refractivity contribution in [1.82, 2.24) is 10.3 Å². The van der Waals surface area contributed by atoms with E-state index in [0.717, 1.165) is 5.56 Å². The van der Waals surface area contributed by atoms with Gasteiger partial charge in [-0.15, -0.1) is 0 Å². The van der Waals surface area contributed by atoms with Crippen LogP contribution in [0.4, 0.5) is 4.39 Å². The normalized spacial score (nSPS) is 11.9. The molecular formula is C25H23BFN3O4. The summed E-state index contributed by atoms with van der Waals surface area (Å²) in [4.78, 5) is 16.4. The molecule has 0 saturated carbocycles. The van der Waals surface area contributed by atoms with Gasteiger partial charge in [-0.05, 0) is 36.3 Å². The Bertz CT molecular complexity index is 1170. The number of hydrogen-bond acceptors (Lipinski definition) is 6. The Morgan fingerprint density at radius 3 is 2.59 bits per heavy atom. The number of amides is 1. The molecule has 34 heavy (non-hydrogen) atoms. The van der Waals surface area contributed by atoms with Gasteiger partial charge in [0.05, 0.1) is 30.2 Å². The lowest BCUT2D eigenvalue weighted by molar-refractivity contribution is -0.122. The van der Waals surface area contributed by atoms with Gasteiger partial charge in [-0.3, -0.25) is 9.78 Å². The summed E-state index contributed by atoms with van der Waals surface area (Å²) in [6.07, 6.45) is 3.05. The third-order valence-corrected chi connectivity index (χ3v) is 4.95. The second kappa shape index (κ2) is 12.3. The molecule has 9 heteroatoms. The summed E-state index contributed by atoms with van der Waals surface area (Å²) < 4.78 is 20.3. The number of hydrogen-bond donors (Lipinski definition) is 3. The minimum Gasteiger partial charge on any atom is -0.490 e. The third-order valence-electron chi connectivity index (χ3n) is 4.95. The van der Waals surface area contributed by atoms with Gasteiger partial charge >= 0.3 is 7.12 Å². The lowest BCUT2D eigenvalue weighted by Crippen LogP contribution is -2.48. The van der Waals surface area contributed by atoms with Gasteiger partial charge in [-0.25, -0.2) is 4.39 Å². The van der Waals surface area contributed by atoms with E-state index in [-0.39, 0.29) is 36.3 Å². The zero-order chi connectivity index (χ0) is 24.3. The van der Waals surface area contributed by atoms with Crippen LogP contribution in [0.5, 0.6) is 5.75 Å². The molecule has 0 spiro atoms. The number of ether oxygens (including phenoxy) is 1. The van der Waals surface area contributed by atoms with E-state index in [9.17, 15) is 24.5 Å².